The molecule has 6 heteroatoms. The zero-order valence-corrected chi connectivity index (χ0v) is 14.7. The van der Waals surface area contributed by atoms with Crippen LogP contribution in [0.3, 0.4) is 0 Å². The predicted octanol–water partition coefficient (Wildman–Crippen LogP) is 2.41. The second kappa shape index (κ2) is 7.23. The molecule has 1 aromatic carbocycles. The van der Waals surface area contributed by atoms with Gasteiger partial charge in [0.2, 0.25) is 11.8 Å². The van der Waals surface area contributed by atoms with Gasteiger partial charge in [0.1, 0.15) is 6.61 Å². The first-order valence-electron chi connectivity index (χ1n) is 7.35. The Hall–Kier alpha value is -1.41. The van der Waals surface area contributed by atoms with Gasteiger partial charge in [0, 0.05) is 32.4 Å². The zero-order valence-electron chi connectivity index (χ0n) is 12.6. The molecule has 0 atom stereocenters. The molecule has 0 amide bonds. The van der Waals surface area contributed by atoms with E-state index in [0.29, 0.717) is 12.5 Å². The van der Waals surface area contributed by atoms with Gasteiger partial charge in [0.05, 0.1) is 3.57 Å². The van der Waals surface area contributed by atoms with Crippen molar-refractivity contribution in [1.82, 2.24) is 14.9 Å². The smallest absolute Gasteiger partial charge is 0.232 e. The summed E-state index contributed by atoms with van der Waals surface area (Å²) in [6.45, 7) is 4.51. The minimum Gasteiger partial charge on any atom is -0.472 e. The highest BCUT2D eigenvalue weighted by atomic mass is 127. The van der Waals surface area contributed by atoms with Crippen molar-refractivity contribution >= 4 is 28.5 Å². The topological polar surface area (TPSA) is 41.5 Å². The summed E-state index contributed by atoms with van der Waals surface area (Å²) < 4.78 is 6.82. The van der Waals surface area contributed by atoms with Gasteiger partial charge in [-0.25, -0.2) is 4.98 Å². The lowest BCUT2D eigenvalue weighted by Crippen LogP contribution is -2.45. The van der Waals surface area contributed by atoms with E-state index in [9.17, 15) is 0 Å². The van der Waals surface area contributed by atoms with E-state index in [4.69, 9.17) is 4.74 Å². The Morgan fingerprint density at radius 3 is 2.59 bits per heavy atom. The Morgan fingerprint density at radius 2 is 1.86 bits per heavy atom. The highest BCUT2D eigenvalue weighted by molar-refractivity contribution is 14.1. The average molecular weight is 410 g/mol. The van der Waals surface area contributed by atoms with E-state index in [1.165, 1.54) is 0 Å². The van der Waals surface area contributed by atoms with Crippen molar-refractivity contribution < 1.29 is 4.74 Å². The van der Waals surface area contributed by atoms with Crippen LogP contribution in [0.1, 0.15) is 5.56 Å². The summed E-state index contributed by atoms with van der Waals surface area (Å²) in [7, 11) is 2.14. The Labute approximate surface area is 144 Å². The van der Waals surface area contributed by atoms with Gasteiger partial charge in [-0.2, -0.15) is 4.98 Å². The summed E-state index contributed by atoms with van der Waals surface area (Å²) in [4.78, 5) is 13.6. The highest BCUT2D eigenvalue weighted by Gasteiger charge is 2.18. The third-order valence-corrected chi connectivity index (χ3v) is 4.44. The van der Waals surface area contributed by atoms with Crippen LogP contribution in [-0.2, 0) is 6.61 Å². The Morgan fingerprint density at radius 1 is 1.14 bits per heavy atom. The molecule has 0 saturated carbocycles. The number of halogens is 1. The lowest BCUT2D eigenvalue weighted by molar-refractivity contribution is 0.288. The number of benzene rings is 1. The van der Waals surface area contributed by atoms with Crippen LogP contribution < -0.4 is 9.64 Å². The number of aromatic nitrogens is 2. The van der Waals surface area contributed by atoms with Crippen LogP contribution >= 0.6 is 22.6 Å². The minimum atomic E-state index is 0.524. The molecule has 1 aliphatic heterocycles. The fourth-order valence-electron chi connectivity index (χ4n) is 2.33. The molecule has 0 unspecified atom stereocenters. The molecular formula is C16H19IN4O. The summed E-state index contributed by atoms with van der Waals surface area (Å²) in [6.07, 6.45) is 1.83. The molecule has 0 spiro atoms. The number of piperazine rings is 1. The van der Waals surface area contributed by atoms with E-state index in [-0.39, 0.29) is 0 Å². The summed E-state index contributed by atoms with van der Waals surface area (Å²) in [5.74, 6) is 1.42. The quantitative estimate of drug-likeness (QED) is 0.725. The van der Waals surface area contributed by atoms with Crippen LogP contribution in [-0.4, -0.2) is 48.1 Å². The number of rotatable bonds is 4. The third-order valence-electron chi connectivity index (χ3n) is 3.70. The van der Waals surface area contributed by atoms with Gasteiger partial charge in [-0.05, 0) is 35.2 Å². The molecule has 2 heterocycles. The van der Waals surface area contributed by atoms with E-state index in [0.717, 1.165) is 41.3 Å². The zero-order chi connectivity index (χ0) is 15.4. The summed E-state index contributed by atoms with van der Waals surface area (Å²) >= 11 is 2.22. The first kappa shape index (κ1) is 15.5. The Kier molecular flexibility index (Phi) is 5.09. The van der Waals surface area contributed by atoms with Gasteiger partial charge >= 0.3 is 0 Å². The first-order valence-corrected chi connectivity index (χ1v) is 8.43. The van der Waals surface area contributed by atoms with E-state index < -0.39 is 0 Å². The Bertz CT molecular complexity index is 615. The molecule has 1 saturated heterocycles. The van der Waals surface area contributed by atoms with Crippen LogP contribution in [0.2, 0.25) is 0 Å². The molecular weight excluding hydrogens is 391 g/mol. The maximum Gasteiger partial charge on any atom is 0.232 e. The standard InChI is InChI=1S/C16H19IN4O/c1-20-7-9-21(10-8-20)16-18-11-14(17)15(19-16)22-12-13-5-3-2-4-6-13/h2-6,11H,7-10,12H2,1H3. The fourth-order valence-corrected chi connectivity index (χ4v) is 2.74. The molecule has 0 aliphatic carbocycles. The second-order valence-electron chi connectivity index (χ2n) is 5.39. The number of hydrogen-bond acceptors (Lipinski definition) is 5. The molecule has 1 aliphatic rings. The monoisotopic (exact) mass is 410 g/mol. The second-order valence-corrected chi connectivity index (χ2v) is 6.55. The van der Waals surface area contributed by atoms with E-state index in [1.807, 2.05) is 24.4 Å². The van der Waals surface area contributed by atoms with Crippen molar-refractivity contribution in [2.75, 3.05) is 38.1 Å². The number of likely N-dealkylation sites (N-methyl/N-ethyl adjacent to an activating group) is 1. The molecule has 2 aromatic rings. The van der Waals surface area contributed by atoms with Gasteiger partial charge in [0.25, 0.3) is 0 Å². The van der Waals surface area contributed by atoms with E-state index in [2.05, 4.69) is 61.5 Å². The minimum absolute atomic E-state index is 0.524. The van der Waals surface area contributed by atoms with Crippen molar-refractivity contribution in [2.24, 2.45) is 0 Å². The summed E-state index contributed by atoms with van der Waals surface area (Å²) in [5.41, 5.74) is 1.14. The molecule has 3 rings (SSSR count). The van der Waals surface area contributed by atoms with Crippen LogP contribution in [0.25, 0.3) is 0 Å². The molecule has 0 bridgehead atoms. The molecule has 1 aromatic heterocycles. The van der Waals surface area contributed by atoms with Gasteiger partial charge in [-0.3, -0.25) is 0 Å². The van der Waals surface area contributed by atoms with Crippen molar-refractivity contribution in [1.29, 1.82) is 0 Å². The van der Waals surface area contributed by atoms with E-state index >= 15 is 0 Å². The normalized spacial score (nSPS) is 15.8. The van der Waals surface area contributed by atoms with Gasteiger partial charge in [-0.15, -0.1) is 0 Å². The van der Waals surface area contributed by atoms with Crippen LogP contribution in [0.15, 0.2) is 36.5 Å². The van der Waals surface area contributed by atoms with Gasteiger partial charge in [-0.1, -0.05) is 30.3 Å². The van der Waals surface area contributed by atoms with Gasteiger partial charge < -0.3 is 14.5 Å². The summed E-state index contributed by atoms with van der Waals surface area (Å²) in [5, 5.41) is 0. The van der Waals surface area contributed by atoms with Crippen molar-refractivity contribution in [2.45, 2.75) is 6.61 Å². The molecule has 116 valence electrons. The highest BCUT2D eigenvalue weighted by Crippen LogP contribution is 2.22. The molecule has 5 nitrogen and oxygen atoms in total. The van der Waals surface area contributed by atoms with Crippen LogP contribution in [0.5, 0.6) is 5.88 Å². The van der Waals surface area contributed by atoms with Crippen molar-refractivity contribution in [3.8, 4) is 5.88 Å². The maximum atomic E-state index is 5.88. The van der Waals surface area contributed by atoms with Crippen molar-refractivity contribution in [3.63, 3.8) is 0 Å². The molecule has 0 N–H and O–H groups in total. The SMILES string of the molecule is CN1CCN(c2ncc(I)c(OCc3ccccc3)n2)CC1. The molecule has 1 fully saturated rings. The average Bonchev–Trinajstić information content (AvgIpc) is 2.56. The molecule has 0 radical (unpaired) electrons. The third kappa shape index (κ3) is 3.86. The maximum absolute atomic E-state index is 5.88. The molecule has 22 heavy (non-hydrogen) atoms. The lowest BCUT2D eigenvalue weighted by atomic mass is 10.2. The Balaban J connectivity index is 1.70. The number of nitrogens with zero attached hydrogens (tertiary/aromatic N) is 4. The van der Waals surface area contributed by atoms with Crippen LogP contribution in [0.4, 0.5) is 5.95 Å². The number of anilines is 1. The summed E-state index contributed by atoms with van der Waals surface area (Å²) in [6, 6.07) is 10.1. The van der Waals surface area contributed by atoms with Crippen LogP contribution in [0, 0.1) is 3.57 Å². The van der Waals surface area contributed by atoms with Gasteiger partial charge in [0.15, 0.2) is 0 Å². The fraction of sp³-hybridized carbons (Fsp3) is 0.375. The number of ether oxygens (including phenoxy) is 1. The lowest BCUT2D eigenvalue weighted by Gasteiger charge is -2.32. The van der Waals surface area contributed by atoms with E-state index in [1.54, 1.807) is 0 Å². The number of hydrogen-bond donors (Lipinski definition) is 0. The predicted molar refractivity (Wildman–Crippen MR) is 95.2 cm³/mol. The first-order chi connectivity index (χ1) is 10.7. The van der Waals surface area contributed by atoms with Crippen molar-refractivity contribution in [3.05, 3.63) is 45.7 Å². The largest absolute Gasteiger partial charge is 0.472 e.